The summed E-state index contributed by atoms with van der Waals surface area (Å²) < 4.78 is 5.38. The van der Waals surface area contributed by atoms with Crippen molar-refractivity contribution in [1.29, 1.82) is 0 Å². The van der Waals surface area contributed by atoms with Crippen LogP contribution in [0.5, 0.6) is 0 Å². The van der Waals surface area contributed by atoms with Crippen molar-refractivity contribution in [2.45, 2.75) is 18.9 Å². The number of nitrogens with one attached hydrogen (secondary N) is 1. The minimum atomic E-state index is 0.0173. The van der Waals surface area contributed by atoms with Gasteiger partial charge in [-0.1, -0.05) is 24.3 Å². The summed E-state index contributed by atoms with van der Waals surface area (Å²) in [5.41, 5.74) is 1.77. The van der Waals surface area contributed by atoms with E-state index in [9.17, 15) is 4.79 Å². The summed E-state index contributed by atoms with van der Waals surface area (Å²) in [6, 6.07) is 8.00. The molecule has 0 radical (unpaired) electrons. The molecule has 1 fully saturated rings. The molecule has 1 heterocycles. The zero-order valence-electron chi connectivity index (χ0n) is 11.5. The van der Waals surface area contributed by atoms with Crippen molar-refractivity contribution in [3.63, 3.8) is 0 Å². The number of rotatable bonds is 3. The Morgan fingerprint density at radius 1 is 1.25 bits per heavy atom. The maximum atomic E-state index is 12.5. The number of amides is 1. The van der Waals surface area contributed by atoms with E-state index in [4.69, 9.17) is 4.74 Å². The molecule has 1 aliphatic carbocycles. The Morgan fingerprint density at radius 3 is 2.80 bits per heavy atom. The van der Waals surface area contributed by atoms with E-state index in [1.807, 2.05) is 24.3 Å². The van der Waals surface area contributed by atoms with Gasteiger partial charge in [-0.15, -0.1) is 0 Å². The number of para-hydroxylation sites is 1. The Morgan fingerprint density at radius 2 is 2.05 bits per heavy atom. The molecule has 1 N–H and O–H groups in total. The minimum Gasteiger partial charge on any atom is -0.378 e. The van der Waals surface area contributed by atoms with Crippen LogP contribution in [0.4, 0.5) is 5.69 Å². The first-order valence-corrected chi connectivity index (χ1v) is 7.24. The summed E-state index contributed by atoms with van der Waals surface area (Å²) in [4.78, 5) is 14.7. The normalized spacial score (nSPS) is 22.0. The average Bonchev–Trinajstić information content (AvgIpc) is 3.01. The standard InChI is InChI=1S/C16H20N2O2/c19-16(17-13-5-1-2-6-13)14-7-3-4-8-15(14)18-9-11-20-12-10-18/h1,3-5,7-8,13H,2,6,9-12H2,(H,17,19). The average molecular weight is 272 g/mol. The van der Waals surface area contributed by atoms with Gasteiger partial charge in [-0.3, -0.25) is 4.79 Å². The van der Waals surface area contributed by atoms with Crippen molar-refractivity contribution in [1.82, 2.24) is 5.32 Å². The second-order valence-electron chi connectivity index (χ2n) is 5.20. The quantitative estimate of drug-likeness (QED) is 0.855. The third kappa shape index (κ3) is 2.85. The summed E-state index contributed by atoms with van der Waals surface area (Å²) >= 11 is 0. The Balaban J connectivity index is 1.77. The summed E-state index contributed by atoms with van der Waals surface area (Å²) in [5.74, 6) is 0.0173. The second-order valence-corrected chi connectivity index (χ2v) is 5.20. The molecule has 106 valence electrons. The number of allylic oxidation sites excluding steroid dienone is 1. The molecule has 4 nitrogen and oxygen atoms in total. The number of benzene rings is 1. The van der Waals surface area contributed by atoms with Gasteiger partial charge in [-0.2, -0.15) is 0 Å². The van der Waals surface area contributed by atoms with Gasteiger partial charge in [0.05, 0.1) is 18.8 Å². The number of hydrogen-bond acceptors (Lipinski definition) is 3. The minimum absolute atomic E-state index is 0.0173. The Bertz CT molecular complexity index is 507. The number of ether oxygens (including phenoxy) is 1. The van der Waals surface area contributed by atoms with Crippen molar-refractivity contribution in [3.05, 3.63) is 42.0 Å². The van der Waals surface area contributed by atoms with Crippen molar-refractivity contribution in [2.75, 3.05) is 31.2 Å². The summed E-state index contributed by atoms with van der Waals surface area (Å²) in [5, 5.41) is 3.09. The molecule has 1 aromatic carbocycles. The van der Waals surface area contributed by atoms with Crippen LogP contribution in [0.25, 0.3) is 0 Å². The monoisotopic (exact) mass is 272 g/mol. The van der Waals surface area contributed by atoms with E-state index in [-0.39, 0.29) is 11.9 Å². The van der Waals surface area contributed by atoms with E-state index < -0.39 is 0 Å². The maximum Gasteiger partial charge on any atom is 0.253 e. The fourth-order valence-electron chi connectivity index (χ4n) is 2.74. The SMILES string of the molecule is O=C(NC1C=CCC1)c1ccccc1N1CCOCC1. The summed E-state index contributed by atoms with van der Waals surface area (Å²) in [7, 11) is 0. The summed E-state index contributed by atoms with van der Waals surface area (Å²) in [6.07, 6.45) is 6.26. The molecule has 0 spiro atoms. The van der Waals surface area contributed by atoms with Crippen molar-refractivity contribution in [2.24, 2.45) is 0 Å². The van der Waals surface area contributed by atoms with Crippen LogP contribution in [0, 0.1) is 0 Å². The predicted molar refractivity (Wildman–Crippen MR) is 79.1 cm³/mol. The molecule has 1 aliphatic heterocycles. The van der Waals surface area contributed by atoms with Gasteiger partial charge in [-0.25, -0.2) is 0 Å². The summed E-state index contributed by atoms with van der Waals surface area (Å²) in [6.45, 7) is 3.13. The topological polar surface area (TPSA) is 41.6 Å². The van der Waals surface area contributed by atoms with Crippen molar-refractivity contribution in [3.8, 4) is 0 Å². The fraction of sp³-hybridized carbons (Fsp3) is 0.438. The first-order chi connectivity index (χ1) is 9.84. The zero-order chi connectivity index (χ0) is 13.8. The number of anilines is 1. The molecule has 0 bridgehead atoms. The second kappa shape index (κ2) is 6.09. The van der Waals surface area contributed by atoms with E-state index in [2.05, 4.69) is 22.4 Å². The van der Waals surface area contributed by atoms with Crippen LogP contribution in [-0.2, 0) is 4.74 Å². The van der Waals surface area contributed by atoms with Crippen LogP contribution in [0.2, 0.25) is 0 Å². The first-order valence-electron chi connectivity index (χ1n) is 7.24. The molecule has 20 heavy (non-hydrogen) atoms. The van der Waals surface area contributed by atoms with Crippen LogP contribution >= 0.6 is 0 Å². The molecule has 0 saturated carbocycles. The lowest BCUT2D eigenvalue weighted by Gasteiger charge is -2.30. The van der Waals surface area contributed by atoms with E-state index in [0.717, 1.165) is 50.4 Å². The highest BCUT2D eigenvalue weighted by Gasteiger charge is 2.20. The molecule has 1 saturated heterocycles. The first kappa shape index (κ1) is 13.2. The third-order valence-corrected chi connectivity index (χ3v) is 3.83. The molecule has 1 atom stereocenters. The Labute approximate surface area is 119 Å². The fourth-order valence-corrected chi connectivity index (χ4v) is 2.74. The van der Waals surface area contributed by atoms with Crippen LogP contribution < -0.4 is 10.2 Å². The highest BCUT2D eigenvalue weighted by atomic mass is 16.5. The van der Waals surface area contributed by atoms with E-state index in [1.54, 1.807) is 0 Å². The molecule has 0 aromatic heterocycles. The predicted octanol–water partition coefficient (Wildman–Crippen LogP) is 1.97. The van der Waals surface area contributed by atoms with Gasteiger partial charge in [0, 0.05) is 24.8 Å². The lowest BCUT2D eigenvalue weighted by molar-refractivity contribution is 0.0943. The van der Waals surface area contributed by atoms with Crippen molar-refractivity contribution >= 4 is 11.6 Å². The maximum absolute atomic E-state index is 12.5. The molecule has 1 unspecified atom stereocenters. The van der Waals surface area contributed by atoms with Crippen LogP contribution in [0.3, 0.4) is 0 Å². The number of hydrogen-bond donors (Lipinski definition) is 1. The van der Waals surface area contributed by atoms with E-state index >= 15 is 0 Å². The highest BCUT2D eigenvalue weighted by molar-refractivity contribution is 6.00. The van der Waals surface area contributed by atoms with Crippen LogP contribution in [-0.4, -0.2) is 38.3 Å². The van der Waals surface area contributed by atoms with Gasteiger partial charge in [0.1, 0.15) is 0 Å². The molecule has 3 rings (SSSR count). The lowest BCUT2D eigenvalue weighted by atomic mass is 10.1. The van der Waals surface area contributed by atoms with Gasteiger partial charge in [0.2, 0.25) is 0 Å². The van der Waals surface area contributed by atoms with Gasteiger partial charge in [0.25, 0.3) is 5.91 Å². The zero-order valence-corrected chi connectivity index (χ0v) is 11.5. The van der Waals surface area contributed by atoms with Crippen LogP contribution in [0.1, 0.15) is 23.2 Å². The molecular formula is C16H20N2O2. The molecule has 2 aliphatic rings. The Hall–Kier alpha value is -1.81. The van der Waals surface area contributed by atoms with E-state index in [1.165, 1.54) is 0 Å². The number of carbonyl (C=O) groups excluding carboxylic acids is 1. The Kier molecular flexibility index (Phi) is 4.02. The van der Waals surface area contributed by atoms with Gasteiger partial charge >= 0.3 is 0 Å². The number of nitrogens with zero attached hydrogens (tertiary/aromatic N) is 1. The van der Waals surface area contributed by atoms with Gasteiger partial charge in [0.15, 0.2) is 0 Å². The smallest absolute Gasteiger partial charge is 0.253 e. The lowest BCUT2D eigenvalue weighted by Crippen LogP contribution is -2.38. The van der Waals surface area contributed by atoms with Crippen LogP contribution in [0.15, 0.2) is 36.4 Å². The van der Waals surface area contributed by atoms with E-state index in [0.29, 0.717) is 0 Å². The largest absolute Gasteiger partial charge is 0.378 e. The van der Waals surface area contributed by atoms with Crippen molar-refractivity contribution < 1.29 is 9.53 Å². The van der Waals surface area contributed by atoms with Gasteiger partial charge in [-0.05, 0) is 25.0 Å². The number of carbonyl (C=O) groups is 1. The third-order valence-electron chi connectivity index (χ3n) is 3.83. The molecular weight excluding hydrogens is 252 g/mol. The molecule has 1 amide bonds. The number of morpholine rings is 1. The molecule has 1 aromatic rings. The highest BCUT2D eigenvalue weighted by Crippen LogP contribution is 2.22. The molecule has 4 heteroatoms. The van der Waals surface area contributed by atoms with Gasteiger partial charge < -0.3 is 15.0 Å².